The first-order chi connectivity index (χ1) is 6.31. The summed E-state index contributed by atoms with van der Waals surface area (Å²) < 4.78 is 0. The van der Waals surface area contributed by atoms with Gasteiger partial charge in [0.2, 0.25) is 0 Å². The van der Waals surface area contributed by atoms with E-state index in [4.69, 9.17) is 0 Å². The van der Waals surface area contributed by atoms with Crippen molar-refractivity contribution in [3.63, 3.8) is 0 Å². The maximum absolute atomic E-state index is 9.55. The largest absolute Gasteiger partial charge is 0.506 e. The van der Waals surface area contributed by atoms with E-state index in [2.05, 4.69) is 5.32 Å². The second-order valence-electron chi connectivity index (χ2n) is 2.94. The predicted octanol–water partition coefficient (Wildman–Crippen LogP) is 2.73. The molecule has 0 amide bonds. The lowest BCUT2D eigenvalue weighted by Crippen LogP contribution is -2.02. The lowest BCUT2D eigenvalue weighted by Gasteiger charge is -2.16. The van der Waals surface area contributed by atoms with Crippen molar-refractivity contribution in [1.82, 2.24) is 0 Å². The molecule has 0 unspecified atom stereocenters. The number of phenols is 1. The molecule has 0 aliphatic carbocycles. The summed E-state index contributed by atoms with van der Waals surface area (Å²) in [6, 6.07) is 5.48. The molecule has 0 saturated carbocycles. The molecule has 0 bridgehead atoms. The first kappa shape index (κ1) is 7.92. The van der Waals surface area contributed by atoms with Crippen LogP contribution in [0.1, 0.15) is 12.5 Å². The first-order valence-electron chi connectivity index (χ1n) is 4.24. The number of allylic oxidation sites excluding steroid dienone is 2. The summed E-state index contributed by atoms with van der Waals surface area (Å²) >= 11 is 0. The van der Waals surface area contributed by atoms with Crippen LogP contribution in [0.2, 0.25) is 0 Å². The second kappa shape index (κ2) is 2.98. The molecule has 2 heteroatoms. The van der Waals surface area contributed by atoms with Gasteiger partial charge in [0.05, 0.1) is 5.69 Å². The lowest BCUT2D eigenvalue weighted by atomic mass is 10.1. The zero-order valence-electron chi connectivity index (χ0n) is 7.41. The number of benzene rings is 1. The van der Waals surface area contributed by atoms with Crippen LogP contribution < -0.4 is 5.32 Å². The van der Waals surface area contributed by atoms with Crippen LogP contribution in [0.3, 0.4) is 0 Å². The molecule has 1 aliphatic heterocycles. The van der Waals surface area contributed by atoms with Crippen LogP contribution in [0, 0.1) is 0 Å². The molecule has 0 spiro atoms. The number of hydrogen-bond donors (Lipinski definition) is 2. The zero-order chi connectivity index (χ0) is 9.26. The van der Waals surface area contributed by atoms with Crippen LogP contribution in [-0.2, 0) is 0 Å². The summed E-state index contributed by atoms with van der Waals surface area (Å²) in [5.41, 5.74) is 2.82. The molecule has 1 aromatic carbocycles. The first-order valence-corrected chi connectivity index (χ1v) is 4.24. The number of nitrogens with one attached hydrogen (secondary N) is 1. The molecule has 2 nitrogen and oxygen atoms in total. The van der Waals surface area contributed by atoms with Gasteiger partial charge in [-0.05, 0) is 19.1 Å². The van der Waals surface area contributed by atoms with Gasteiger partial charge in [-0.3, -0.25) is 0 Å². The van der Waals surface area contributed by atoms with Gasteiger partial charge in [-0.25, -0.2) is 0 Å². The Morgan fingerprint density at radius 3 is 2.92 bits per heavy atom. The van der Waals surface area contributed by atoms with E-state index in [9.17, 15) is 5.11 Å². The minimum absolute atomic E-state index is 0.293. The normalized spacial score (nSPS) is 16.8. The van der Waals surface area contributed by atoms with E-state index in [1.807, 2.05) is 37.3 Å². The van der Waals surface area contributed by atoms with Crippen molar-refractivity contribution in [1.29, 1.82) is 0 Å². The Hall–Kier alpha value is -1.70. The Bertz CT molecular complexity index is 391. The molecule has 66 valence electrons. The fraction of sp³-hybridized carbons (Fsp3) is 0.0909. The molecule has 1 aromatic rings. The highest BCUT2D eigenvalue weighted by Crippen LogP contribution is 2.32. The molecule has 0 atom stereocenters. The Morgan fingerprint density at radius 1 is 1.31 bits per heavy atom. The molecular formula is C11H11NO. The van der Waals surface area contributed by atoms with Crippen molar-refractivity contribution in [3.05, 3.63) is 41.6 Å². The van der Waals surface area contributed by atoms with Crippen molar-refractivity contribution in [2.45, 2.75) is 6.92 Å². The number of anilines is 1. The predicted molar refractivity (Wildman–Crippen MR) is 54.5 cm³/mol. The molecule has 1 heterocycles. The molecule has 1 aliphatic rings. The molecule has 0 radical (unpaired) electrons. The number of para-hydroxylation sites is 1. The molecule has 2 rings (SSSR count). The highest BCUT2D eigenvalue weighted by atomic mass is 16.3. The van der Waals surface area contributed by atoms with Gasteiger partial charge in [-0.15, -0.1) is 0 Å². The summed E-state index contributed by atoms with van der Waals surface area (Å²) in [4.78, 5) is 0. The second-order valence-corrected chi connectivity index (χ2v) is 2.94. The van der Waals surface area contributed by atoms with Gasteiger partial charge in [-0.2, -0.15) is 0 Å². The van der Waals surface area contributed by atoms with E-state index < -0.39 is 0 Å². The molecule has 0 saturated heterocycles. The molecular weight excluding hydrogens is 162 g/mol. The van der Waals surface area contributed by atoms with Crippen LogP contribution in [-0.4, -0.2) is 5.11 Å². The van der Waals surface area contributed by atoms with E-state index in [-0.39, 0.29) is 0 Å². The average molecular weight is 173 g/mol. The third-order valence-corrected chi connectivity index (χ3v) is 2.10. The lowest BCUT2D eigenvalue weighted by molar-refractivity contribution is 0.477. The number of hydrogen-bond acceptors (Lipinski definition) is 2. The quantitative estimate of drug-likeness (QED) is 0.591. The van der Waals surface area contributed by atoms with Gasteiger partial charge in [-0.1, -0.05) is 24.3 Å². The standard InChI is InChI=1S/C11H11NO/c1-2-9-7-6-8-4-3-5-10(13)11(8)12-9/h2-7,12-13H,1H3. The zero-order valence-corrected chi connectivity index (χ0v) is 7.41. The summed E-state index contributed by atoms with van der Waals surface area (Å²) in [5, 5.41) is 12.7. The highest BCUT2D eigenvalue weighted by Gasteiger charge is 2.09. The van der Waals surface area contributed by atoms with Gasteiger partial charge >= 0.3 is 0 Å². The monoisotopic (exact) mass is 173 g/mol. The Labute approximate surface area is 77.2 Å². The minimum Gasteiger partial charge on any atom is -0.506 e. The summed E-state index contributed by atoms with van der Waals surface area (Å²) in [7, 11) is 0. The van der Waals surface area contributed by atoms with Crippen LogP contribution >= 0.6 is 0 Å². The molecule has 13 heavy (non-hydrogen) atoms. The van der Waals surface area contributed by atoms with E-state index >= 15 is 0 Å². The summed E-state index contributed by atoms with van der Waals surface area (Å²) in [6.45, 7) is 1.96. The molecule has 0 aromatic heterocycles. The summed E-state index contributed by atoms with van der Waals surface area (Å²) in [6.07, 6.45) is 5.94. The van der Waals surface area contributed by atoms with Crippen molar-refractivity contribution < 1.29 is 5.11 Å². The molecule has 2 N–H and O–H groups in total. The average Bonchev–Trinajstić information content (AvgIpc) is 2.18. The van der Waals surface area contributed by atoms with Crippen LogP contribution in [0.5, 0.6) is 5.75 Å². The van der Waals surface area contributed by atoms with Crippen molar-refractivity contribution in [3.8, 4) is 5.75 Å². The van der Waals surface area contributed by atoms with E-state index in [1.165, 1.54) is 0 Å². The number of rotatable bonds is 0. The Morgan fingerprint density at radius 2 is 2.15 bits per heavy atom. The Kier molecular flexibility index (Phi) is 1.81. The van der Waals surface area contributed by atoms with E-state index in [0.29, 0.717) is 5.75 Å². The number of aromatic hydroxyl groups is 1. The number of fused-ring (bicyclic) bond motifs is 1. The van der Waals surface area contributed by atoms with Gasteiger partial charge < -0.3 is 10.4 Å². The van der Waals surface area contributed by atoms with Gasteiger partial charge in [0, 0.05) is 11.3 Å². The van der Waals surface area contributed by atoms with Crippen LogP contribution in [0.25, 0.3) is 6.08 Å². The third-order valence-electron chi connectivity index (χ3n) is 2.10. The van der Waals surface area contributed by atoms with Crippen molar-refractivity contribution in [2.24, 2.45) is 0 Å². The summed E-state index contributed by atoms with van der Waals surface area (Å²) in [5.74, 6) is 0.293. The molecule has 0 fully saturated rings. The fourth-order valence-corrected chi connectivity index (χ4v) is 1.37. The SMILES string of the molecule is CC=C1C=Cc2cccc(O)c2N1. The minimum atomic E-state index is 0.293. The van der Waals surface area contributed by atoms with Gasteiger partial charge in [0.1, 0.15) is 5.75 Å². The van der Waals surface area contributed by atoms with Gasteiger partial charge in [0.25, 0.3) is 0 Å². The highest BCUT2D eigenvalue weighted by molar-refractivity contribution is 5.79. The fourth-order valence-electron chi connectivity index (χ4n) is 1.37. The smallest absolute Gasteiger partial charge is 0.139 e. The van der Waals surface area contributed by atoms with Crippen molar-refractivity contribution >= 4 is 11.8 Å². The Balaban J connectivity index is 2.53. The van der Waals surface area contributed by atoms with Crippen LogP contribution in [0.4, 0.5) is 5.69 Å². The topological polar surface area (TPSA) is 32.3 Å². The van der Waals surface area contributed by atoms with E-state index in [0.717, 1.165) is 16.9 Å². The maximum atomic E-state index is 9.55. The van der Waals surface area contributed by atoms with Crippen LogP contribution in [0.15, 0.2) is 36.0 Å². The van der Waals surface area contributed by atoms with E-state index in [1.54, 1.807) is 6.07 Å². The maximum Gasteiger partial charge on any atom is 0.139 e. The van der Waals surface area contributed by atoms with Crippen molar-refractivity contribution in [2.75, 3.05) is 5.32 Å². The third kappa shape index (κ3) is 1.31. The number of phenolic OH excluding ortho intramolecular Hbond substituents is 1. The van der Waals surface area contributed by atoms with Gasteiger partial charge in [0.15, 0.2) is 0 Å².